The molecule has 1 aliphatic rings. The van der Waals surface area contributed by atoms with Crippen LogP contribution in [0.2, 0.25) is 0 Å². The van der Waals surface area contributed by atoms with Gasteiger partial charge in [-0.2, -0.15) is 4.68 Å². The normalized spacial score (nSPS) is 15.8. The van der Waals surface area contributed by atoms with Crippen molar-refractivity contribution in [3.63, 3.8) is 0 Å². The monoisotopic (exact) mass is 273 g/mol. The van der Waals surface area contributed by atoms with Crippen LogP contribution in [-0.2, 0) is 0 Å². The van der Waals surface area contributed by atoms with Gasteiger partial charge >= 0.3 is 0 Å². The molecule has 1 saturated carbocycles. The van der Waals surface area contributed by atoms with Gasteiger partial charge in [0.05, 0.1) is 17.9 Å². The summed E-state index contributed by atoms with van der Waals surface area (Å²) in [6.45, 7) is 0.605. The Morgan fingerprint density at radius 1 is 1.40 bits per heavy atom. The van der Waals surface area contributed by atoms with Gasteiger partial charge in [0.25, 0.3) is 5.91 Å². The topological polar surface area (TPSA) is 92.9 Å². The molecule has 0 bridgehead atoms. The zero-order chi connectivity index (χ0) is 14.0. The van der Waals surface area contributed by atoms with Gasteiger partial charge in [0.2, 0.25) is 0 Å². The quantitative estimate of drug-likeness (QED) is 0.809. The van der Waals surface area contributed by atoms with Gasteiger partial charge < -0.3 is 10.4 Å². The Hall–Kier alpha value is -2.28. The average molecular weight is 273 g/mol. The van der Waals surface area contributed by atoms with Gasteiger partial charge in [-0.25, -0.2) is 0 Å². The summed E-state index contributed by atoms with van der Waals surface area (Å²) in [7, 11) is 0. The van der Waals surface area contributed by atoms with E-state index in [1.807, 2.05) is 6.07 Å². The van der Waals surface area contributed by atoms with E-state index in [2.05, 4.69) is 20.8 Å². The van der Waals surface area contributed by atoms with Crippen molar-refractivity contribution in [1.82, 2.24) is 25.5 Å². The van der Waals surface area contributed by atoms with Crippen molar-refractivity contribution in [1.29, 1.82) is 0 Å². The summed E-state index contributed by atoms with van der Waals surface area (Å²) in [4.78, 5) is 12.3. The maximum atomic E-state index is 12.3. The zero-order valence-electron chi connectivity index (χ0n) is 10.9. The van der Waals surface area contributed by atoms with Crippen LogP contribution in [0.15, 0.2) is 30.6 Å². The predicted molar refractivity (Wildman–Crippen MR) is 70.2 cm³/mol. The second-order valence-electron chi connectivity index (χ2n) is 5.11. The number of para-hydroxylation sites is 1. The minimum absolute atomic E-state index is 0.112. The number of nitrogens with one attached hydrogen (secondary N) is 1. The van der Waals surface area contributed by atoms with Gasteiger partial charge in [-0.1, -0.05) is 12.1 Å². The van der Waals surface area contributed by atoms with Gasteiger partial charge in [0.15, 0.2) is 0 Å². The third-order valence-corrected chi connectivity index (χ3v) is 3.66. The lowest BCUT2D eigenvalue weighted by atomic mass is 10.1. The van der Waals surface area contributed by atoms with Crippen LogP contribution >= 0.6 is 0 Å². The molecule has 1 amide bonds. The van der Waals surface area contributed by atoms with Crippen molar-refractivity contribution in [3.8, 4) is 5.69 Å². The lowest BCUT2D eigenvalue weighted by Crippen LogP contribution is -2.32. The second-order valence-corrected chi connectivity index (χ2v) is 5.11. The minimum atomic E-state index is -0.184. The highest BCUT2D eigenvalue weighted by molar-refractivity contribution is 5.97. The molecule has 0 spiro atoms. The Balaban J connectivity index is 1.78. The molecule has 7 nitrogen and oxygen atoms in total. The summed E-state index contributed by atoms with van der Waals surface area (Å²) < 4.78 is 1.45. The van der Waals surface area contributed by atoms with Crippen molar-refractivity contribution in [2.45, 2.75) is 12.8 Å². The molecule has 7 heteroatoms. The van der Waals surface area contributed by atoms with Crippen LogP contribution in [-0.4, -0.2) is 44.4 Å². The van der Waals surface area contributed by atoms with Crippen molar-refractivity contribution in [2.24, 2.45) is 5.41 Å². The fourth-order valence-corrected chi connectivity index (χ4v) is 2.07. The van der Waals surface area contributed by atoms with Gasteiger partial charge in [-0.05, 0) is 35.4 Å². The van der Waals surface area contributed by atoms with E-state index in [1.54, 1.807) is 18.2 Å². The first-order valence-corrected chi connectivity index (χ1v) is 6.46. The largest absolute Gasteiger partial charge is 0.396 e. The summed E-state index contributed by atoms with van der Waals surface area (Å²) in [6, 6.07) is 7.13. The summed E-state index contributed by atoms with van der Waals surface area (Å²) in [5, 5.41) is 23.1. The highest BCUT2D eigenvalue weighted by atomic mass is 16.3. The average Bonchev–Trinajstić information content (AvgIpc) is 3.07. The zero-order valence-corrected chi connectivity index (χ0v) is 10.9. The number of rotatable bonds is 5. The molecule has 0 saturated heterocycles. The molecule has 1 fully saturated rings. The lowest BCUT2D eigenvalue weighted by molar-refractivity contribution is 0.0935. The molecule has 1 heterocycles. The number of carbonyl (C=O) groups excluding carboxylic acids is 1. The number of nitrogens with zero attached hydrogens (tertiary/aromatic N) is 4. The Morgan fingerprint density at radius 2 is 2.20 bits per heavy atom. The number of aromatic nitrogens is 4. The fraction of sp³-hybridized carbons (Fsp3) is 0.385. The molecule has 3 rings (SSSR count). The summed E-state index contributed by atoms with van der Waals surface area (Å²) in [5.41, 5.74) is 1.02. The Labute approximate surface area is 115 Å². The molecule has 1 aromatic heterocycles. The maximum Gasteiger partial charge on any atom is 0.253 e. The molecule has 20 heavy (non-hydrogen) atoms. The molecule has 2 N–H and O–H groups in total. The molecule has 0 atom stereocenters. The van der Waals surface area contributed by atoms with Crippen LogP contribution in [0, 0.1) is 5.41 Å². The molecule has 0 radical (unpaired) electrons. The first-order chi connectivity index (χ1) is 9.74. The third kappa shape index (κ3) is 2.39. The number of hydrogen-bond donors (Lipinski definition) is 2. The highest BCUT2D eigenvalue weighted by Crippen LogP contribution is 2.44. The number of hydrogen-bond acceptors (Lipinski definition) is 5. The molecule has 104 valence electrons. The van der Waals surface area contributed by atoms with Crippen LogP contribution in [0.4, 0.5) is 0 Å². The van der Waals surface area contributed by atoms with Crippen LogP contribution in [0.1, 0.15) is 23.2 Å². The second kappa shape index (κ2) is 5.01. The molecular weight excluding hydrogens is 258 g/mol. The summed E-state index contributed by atoms with van der Waals surface area (Å²) >= 11 is 0. The number of benzene rings is 1. The van der Waals surface area contributed by atoms with Crippen molar-refractivity contribution >= 4 is 5.91 Å². The van der Waals surface area contributed by atoms with Crippen LogP contribution in [0.3, 0.4) is 0 Å². The fourth-order valence-electron chi connectivity index (χ4n) is 2.07. The van der Waals surface area contributed by atoms with E-state index < -0.39 is 0 Å². The van der Waals surface area contributed by atoms with E-state index in [-0.39, 0.29) is 17.9 Å². The van der Waals surface area contributed by atoms with Crippen LogP contribution in [0.5, 0.6) is 0 Å². The van der Waals surface area contributed by atoms with Gasteiger partial charge in [-0.15, -0.1) is 5.10 Å². The molecule has 0 unspecified atom stereocenters. The van der Waals surface area contributed by atoms with Crippen LogP contribution < -0.4 is 5.32 Å². The van der Waals surface area contributed by atoms with Crippen molar-refractivity contribution in [2.75, 3.05) is 13.2 Å². The Kier molecular flexibility index (Phi) is 3.19. The maximum absolute atomic E-state index is 12.3. The van der Waals surface area contributed by atoms with Gasteiger partial charge in [0.1, 0.15) is 6.33 Å². The van der Waals surface area contributed by atoms with Crippen LogP contribution in [0.25, 0.3) is 5.69 Å². The van der Waals surface area contributed by atoms with Gasteiger partial charge in [0, 0.05) is 12.0 Å². The van der Waals surface area contributed by atoms with Gasteiger partial charge in [-0.3, -0.25) is 4.79 Å². The molecular formula is C13H15N5O2. The first kappa shape index (κ1) is 12.7. The smallest absolute Gasteiger partial charge is 0.253 e. The highest BCUT2D eigenvalue weighted by Gasteiger charge is 2.42. The van der Waals surface area contributed by atoms with E-state index in [1.165, 1.54) is 11.0 Å². The standard InChI is InChI=1S/C13H15N5O2/c19-8-13(5-6-13)7-14-12(20)10-3-1-2-4-11(10)18-9-15-16-17-18/h1-4,9,19H,5-8H2,(H,14,20). The Bertz CT molecular complexity index is 607. The van der Waals surface area contributed by atoms with E-state index in [4.69, 9.17) is 0 Å². The molecule has 0 aliphatic heterocycles. The third-order valence-electron chi connectivity index (χ3n) is 3.66. The van der Waals surface area contributed by atoms with E-state index in [0.717, 1.165) is 12.8 Å². The van der Waals surface area contributed by atoms with Crippen molar-refractivity contribution < 1.29 is 9.90 Å². The van der Waals surface area contributed by atoms with E-state index in [0.29, 0.717) is 17.8 Å². The number of amides is 1. The predicted octanol–water partition coefficient (Wildman–Crippen LogP) is 0.165. The Morgan fingerprint density at radius 3 is 2.85 bits per heavy atom. The number of aliphatic hydroxyl groups excluding tert-OH is 1. The molecule has 2 aromatic rings. The SMILES string of the molecule is O=C(NCC1(CO)CC1)c1ccccc1-n1cnnn1. The number of tetrazole rings is 1. The lowest BCUT2D eigenvalue weighted by Gasteiger charge is -2.14. The first-order valence-electron chi connectivity index (χ1n) is 6.46. The number of aliphatic hydroxyl groups is 1. The number of carbonyl (C=O) groups is 1. The summed E-state index contributed by atoms with van der Waals surface area (Å²) in [5.74, 6) is -0.184. The van der Waals surface area contributed by atoms with E-state index in [9.17, 15) is 9.90 Å². The van der Waals surface area contributed by atoms with Crippen molar-refractivity contribution in [3.05, 3.63) is 36.2 Å². The molecule has 1 aromatic carbocycles. The molecule has 1 aliphatic carbocycles. The minimum Gasteiger partial charge on any atom is -0.396 e. The summed E-state index contributed by atoms with van der Waals surface area (Å²) in [6.07, 6.45) is 3.36. The van der Waals surface area contributed by atoms with E-state index >= 15 is 0 Å².